The molecule has 14 aromatic rings. The van der Waals surface area contributed by atoms with Gasteiger partial charge in [0.1, 0.15) is 17.0 Å². The standard InChI is InChI=1S/C58H35N5O/c1-8-24-47-38(16-1)39-17-2-9-25-48(39)61(47)53-30-15-23-37(36-32-33-45-44-22-7-14-31-54(44)64-55(45)34-36)57(53)46-35-56(62-49-26-10-3-18-40(49)41-19-4-11-27-50(41)62)60-58(59-46)63-51-28-12-5-20-42(51)43-21-6-13-29-52(43)63/h1-35H/i5D,12D,20D,28D. The first kappa shape index (κ1) is 31.2. The fourth-order valence-corrected chi connectivity index (χ4v) is 10.1. The fourth-order valence-electron chi connectivity index (χ4n) is 10.1. The smallest absolute Gasteiger partial charge is 0.237 e. The number of hydrogen-bond acceptors (Lipinski definition) is 3. The van der Waals surface area contributed by atoms with Crippen LogP contribution in [0.4, 0.5) is 0 Å². The van der Waals surface area contributed by atoms with E-state index in [1.807, 2.05) is 71.3 Å². The van der Waals surface area contributed by atoms with Crippen LogP contribution < -0.4 is 0 Å². The molecular weight excluding hydrogens is 783 g/mol. The molecule has 298 valence electrons. The van der Waals surface area contributed by atoms with Crippen LogP contribution in [0.2, 0.25) is 0 Å². The van der Waals surface area contributed by atoms with Gasteiger partial charge in [0, 0.05) is 54.7 Å². The third kappa shape index (κ3) is 4.96. The number of para-hydroxylation sites is 7. The summed E-state index contributed by atoms with van der Waals surface area (Å²) in [5.74, 6) is 0.844. The number of furan rings is 1. The van der Waals surface area contributed by atoms with E-state index in [9.17, 15) is 2.74 Å². The Balaban J connectivity index is 1.16. The van der Waals surface area contributed by atoms with Gasteiger partial charge in [0.15, 0.2) is 0 Å². The Morgan fingerprint density at radius 1 is 0.391 bits per heavy atom. The van der Waals surface area contributed by atoms with Gasteiger partial charge in [-0.3, -0.25) is 9.13 Å². The van der Waals surface area contributed by atoms with E-state index in [0.29, 0.717) is 33.3 Å². The molecule has 0 fully saturated rings. The average Bonchev–Trinajstić information content (AvgIpc) is 4.13. The van der Waals surface area contributed by atoms with Crippen LogP contribution in [0, 0.1) is 0 Å². The van der Waals surface area contributed by atoms with Crippen molar-refractivity contribution < 1.29 is 9.90 Å². The van der Waals surface area contributed by atoms with Crippen LogP contribution in [0.25, 0.3) is 127 Å². The van der Waals surface area contributed by atoms with Gasteiger partial charge >= 0.3 is 0 Å². The molecule has 0 radical (unpaired) electrons. The molecule has 0 spiro atoms. The highest BCUT2D eigenvalue weighted by atomic mass is 16.3. The number of rotatable bonds is 5. The maximum atomic E-state index is 9.42. The van der Waals surface area contributed by atoms with Gasteiger partial charge in [-0.05, 0) is 71.8 Å². The molecule has 0 aliphatic carbocycles. The van der Waals surface area contributed by atoms with Crippen molar-refractivity contribution in [3.05, 3.63) is 212 Å². The van der Waals surface area contributed by atoms with Crippen LogP contribution in [0.3, 0.4) is 0 Å². The molecule has 14 rings (SSSR count). The minimum Gasteiger partial charge on any atom is -0.456 e. The highest BCUT2D eigenvalue weighted by Crippen LogP contribution is 2.44. The number of fused-ring (bicyclic) bond motifs is 12. The van der Waals surface area contributed by atoms with Crippen LogP contribution in [-0.4, -0.2) is 23.7 Å². The SMILES string of the molecule is [2H]c1c([2H])c([2H])c2c(c1[2H])c1ccccc1n2-c1nc(-c2c(-c3ccc4c(c3)oc3ccccc34)cccc2-n2c3ccccc3c3ccccc32)cc(-n2c3ccccc3c3ccccc32)n1. The molecular formula is C58H35N5O. The van der Waals surface area contributed by atoms with Crippen molar-refractivity contribution in [2.75, 3.05) is 0 Å². The topological polar surface area (TPSA) is 53.7 Å². The van der Waals surface area contributed by atoms with E-state index in [1.54, 1.807) is 0 Å². The fraction of sp³-hybridized carbons (Fsp3) is 0. The number of aromatic nitrogens is 5. The predicted octanol–water partition coefficient (Wildman–Crippen LogP) is 15.0. The van der Waals surface area contributed by atoms with Crippen LogP contribution in [0.5, 0.6) is 0 Å². The molecule has 0 N–H and O–H groups in total. The number of hydrogen-bond donors (Lipinski definition) is 0. The van der Waals surface area contributed by atoms with Crippen molar-refractivity contribution in [2.45, 2.75) is 0 Å². The summed E-state index contributed by atoms with van der Waals surface area (Å²) in [4.78, 5) is 11.1. The van der Waals surface area contributed by atoms with Gasteiger partial charge in [-0.15, -0.1) is 0 Å². The monoisotopic (exact) mass is 821 g/mol. The molecule has 0 bridgehead atoms. The third-order valence-electron chi connectivity index (χ3n) is 12.8. The van der Waals surface area contributed by atoms with Crippen LogP contribution in [0.1, 0.15) is 5.48 Å². The summed E-state index contributed by atoms with van der Waals surface area (Å²) in [6.45, 7) is 0. The zero-order valence-corrected chi connectivity index (χ0v) is 34.0. The highest BCUT2D eigenvalue weighted by molar-refractivity contribution is 6.12. The molecule has 0 saturated carbocycles. The lowest BCUT2D eigenvalue weighted by Gasteiger charge is -2.20. The Hall–Kier alpha value is -8.74. The lowest BCUT2D eigenvalue weighted by atomic mass is 9.94. The van der Waals surface area contributed by atoms with E-state index in [0.717, 1.165) is 87.9 Å². The van der Waals surface area contributed by atoms with Crippen molar-refractivity contribution in [3.8, 4) is 39.8 Å². The molecule has 0 unspecified atom stereocenters. The quantitative estimate of drug-likeness (QED) is 0.174. The van der Waals surface area contributed by atoms with E-state index in [-0.39, 0.29) is 30.1 Å². The maximum Gasteiger partial charge on any atom is 0.237 e. The van der Waals surface area contributed by atoms with Gasteiger partial charge in [-0.2, -0.15) is 4.98 Å². The van der Waals surface area contributed by atoms with Gasteiger partial charge in [-0.1, -0.05) is 146 Å². The highest BCUT2D eigenvalue weighted by Gasteiger charge is 2.24. The predicted molar refractivity (Wildman–Crippen MR) is 263 cm³/mol. The summed E-state index contributed by atoms with van der Waals surface area (Å²) in [5.41, 5.74) is 10.7. The third-order valence-corrected chi connectivity index (χ3v) is 12.8. The second-order valence-electron chi connectivity index (χ2n) is 16.2. The van der Waals surface area contributed by atoms with Crippen LogP contribution >= 0.6 is 0 Å². The molecule has 0 aliphatic rings. The van der Waals surface area contributed by atoms with Crippen molar-refractivity contribution in [2.24, 2.45) is 0 Å². The molecule has 0 amide bonds. The maximum absolute atomic E-state index is 9.42. The molecule has 0 atom stereocenters. The Morgan fingerprint density at radius 3 is 1.58 bits per heavy atom. The summed E-state index contributed by atoms with van der Waals surface area (Å²) in [6, 6.07) is 63.3. The van der Waals surface area contributed by atoms with E-state index in [1.165, 1.54) is 0 Å². The van der Waals surface area contributed by atoms with Crippen molar-refractivity contribution in [1.29, 1.82) is 0 Å². The number of nitrogens with zero attached hydrogens (tertiary/aromatic N) is 5. The molecule has 0 aliphatic heterocycles. The minimum atomic E-state index is -0.328. The van der Waals surface area contributed by atoms with E-state index >= 15 is 0 Å². The van der Waals surface area contributed by atoms with Crippen molar-refractivity contribution in [3.63, 3.8) is 0 Å². The minimum absolute atomic E-state index is 0.116. The molecule has 64 heavy (non-hydrogen) atoms. The normalized spacial score (nSPS) is 12.9. The summed E-state index contributed by atoms with van der Waals surface area (Å²) in [7, 11) is 0. The Labute approximate surface area is 371 Å². The van der Waals surface area contributed by atoms with Gasteiger partial charge in [0.2, 0.25) is 5.95 Å². The molecule has 5 heterocycles. The molecule has 6 heteroatoms. The summed E-state index contributed by atoms with van der Waals surface area (Å²) >= 11 is 0. The molecule has 9 aromatic carbocycles. The molecule has 5 aromatic heterocycles. The van der Waals surface area contributed by atoms with E-state index in [2.05, 4.69) is 130 Å². The molecule has 0 saturated heterocycles. The van der Waals surface area contributed by atoms with Gasteiger partial charge in [0.05, 0.1) is 50.0 Å². The summed E-state index contributed by atoms with van der Waals surface area (Å²) < 4.78 is 49.1. The van der Waals surface area contributed by atoms with Gasteiger partial charge in [0.25, 0.3) is 0 Å². The van der Waals surface area contributed by atoms with E-state index < -0.39 is 0 Å². The Bertz CT molecular complexity index is 4360. The van der Waals surface area contributed by atoms with Crippen molar-refractivity contribution in [1.82, 2.24) is 23.7 Å². The first-order valence-corrected chi connectivity index (χ1v) is 21.3. The van der Waals surface area contributed by atoms with Crippen LogP contribution in [-0.2, 0) is 0 Å². The largest absolute Gasteiger partial charge is 0.456 e. The lowest BCUT2D eigenvalue weighted by Crippen LogP contribution is -2.09. The first-order valence-electron chi connectivity index (χ1n) is 23.3. The lowest BCUT2D eigenvalue weighted by molar-refractivity contribution is 0.669. The zero-order valence-electron chi connectivity index (χ0n) is 38.0. The van der Waals surface area contributed by atoms with Crippen molar-refractivity contribution >= 4 is 87.4 Å². The first-order chi connectivity index (χ1) is 33.4. The second kappa shape index (κ2) is 13.4. The average molecular weight is 822 g/mol. The van der Waals surface area contributed by atoms with Gasteiger partial charge < -0.3 is 8.98 Å². The molecule has 6 nitrogen and oxygen atoms in total. The van der Waals surface area contributed by atoms with Gasteiger partial charge in [-0.25, -0.2) is 4.98 Å². The summed E-state index contributed by atoms with van der Waals surface area (Å²) in [5, 5.41) is 7.54. The zero-order chi connectivity index (χ0) is 45.4. The Morgan fingerprint density at radius 2 is 0.922 bits per heavy atom. The van der Waals surface area contributed by atoms with Crippen LogP contribution in [0.15, 0.2) is 217 Å². The Kier molecular flexibility index (Phi) is 6.51. The number of benzene rings is 9. The summed E-state index contributed by atoms with van der Waals surface area (Å²) in [6.07, 6.45) is 0. The van der Waals surface area contributed by atoms with E-state index in [4.69, 9.17) is 17.1 Å². The second-order valence-corrected chi connectivity index (χ2v) is 16.2.